The molecule has 26 heavy (non-hydrogen) atoms. The van der Waals surface area contributed by atoms with Crippen molar-refractivity contribution in [3.05, 3.63) is 53.6 Å². The molecule has 1 N–H and O–H groups in total. The quantitative estimate of drug-likeness (QED) is 0.620. The van der Waals surface area contributed by atoms with E-state index in [1.807, 2.05) is 0 Å². The summed E-state index contributed by atoms with van der Waals surface area (Å²) in [6.07, 6.45) is 0. The molecule has 0 heterocycles. The van der Waals surface area contributed by atoms with Crippen LogP contribution >= 0.6 is 0 Å². The highest BCUT2D eigenvalue weighted by atomic mass is 32.2. The molecule has 0 aliphatic rings. The molecule has 0 saturated heterocycles. The first-order valence-corrected chi connectivity index (χ1v) is 9.17. The Labute approximate surface area is 153 Å². The van der Waals surface area contributed by atoms with Gasteiger partial charge in [0.15, 0.2) is 5.78 Å². The van der Waals surface area contributed by atoms with Gasteiger partial charge in [-0.2, -0.15) is 4.72 Å². The molecule has 0 atom stereocenters. The molecule has 0 radical (unpaired) electrons. The molecule has 0 spiro atoms. The standard InChI is InChI=1S/C19H19NO5S/c1-14(21)16-8-6-15(7-9-16)5-4-12-20-26(22,23)19-13-17(24-2)10-11-18(19)25-3/h6-11,13,20H,12H2,1-3H3. The largest absolute Gasteiger partial charge is 0.497 e. The molecule has 0 fully saturated rings. The summed E-state index contributed by atoms with van der Waals surface area (Å²) in [4.78, 5) is 11.2. The van der Waals surface area contributed by atoms with Crippen molar-refractivity contribution in [2.45, 2.75) is 11.8 Å². The van der Waals surface area contributed by atoms with Crippen molar-refractivity contribution in [1.29, 1.82) is 0 Å². The Hall–Kier alpha value is -2.82. The Balaban J connectivity index is 2.11. The summed E-state index contributed by atoms with van der Waals surface area (Å²) in [6.45, 7) is 1.42. The molecule has 2 rings (SSSR count). The summed E-state index contributed by atoms with van der Waals surface area (Å²) in [5, 5.41) is 0. The van der Waals surface area contributed by atoms with Gasteiger partial charge in [-0.1, -0.05) is 24.0 Å². The summed E-state index contributed by atoms with van der Waals surface area (Å²) >= 11 is 0. The monoisotopic (exact) mass is 373 g/mol. The first-order chi connectivity index (χ1) is 12.4. The van der Waals surface area contributed by atoms with Gasteiger partial charge in [-0.3, -0.25) is 4.79 Å². The van der Waals surface area contributed by atoms with E-state index in [0.29, 0.717) is 16.9 Å². The molecular formula is C19H19NO5S. The van der Waals surface area contributed by atoms with E-state index in [-0.39, 0.29) is 23.0 Å². The Kier molecular flexibility index (Phi) is 6.39. The van der Waals surface area contributed by atoms with Crippen LogP contribution in [0.1, 0.15) is 22.8 Å². The van der Waals surface area contributed by atoms with Crippen LogP contribution in [0, 0.1) is 11.8 Å². The minimum absolute atomic E-state index is 0.0213. The summed E-state index contributed by atoms with van der Waals surface area (Å²) in [5.74, 6) is 6.18. The molecule has 0 saturated carbocycles. The normalized spacial score (nSPS) is 10.6. The summed E-state index contributed by atoms with van der Waals surface area (Å²) in [6, 6.07) is 11.3. The fourth-order valence-electron chi connectivity index (χ4n) is 2.14. The lowest BCUT2D eigenvalue weighted by Crippen LogP contribution is -2.24. The predicted octanol–water partition coefficient (Wildman–Crippen LogP) is 2.24. The molecule has 2 aromatic rings. The number of hydrogen-bond donors (Lipinski definition) is 1. The summed E-state index contributed by atoms with van der Waals surface area (Å²) in [7, 11) is -0.963. The third kappa shape index (κ3) is 4.85. The van der Waals surface area contributed by atoms with Crippen LogP contribution in [0.2, 0.25) is 0 Å². The summed E-state index contributed by atoms with van der Waals surface area (Å²) < 4.78 is 37.5. The van der Waals surface area contributed by atoms with Crippen LogP contribution < -0.4 is 14.2 Å². The number of carbonyl (C=O) groups is 1. The molecule has 136 valence electrons. The average molecular weight is 373 g/mol. The third-order valence-corrected chi connectivity index (χ3v) is 4.96. The maximum absolute atomic E-state index is 12.5. The minimum atomic E-state index is -3.81. The van der Waals surface area contributed by atoms with Crippen molar-refractivity contribution in [1.82, 2.24) is 4.72 Å². The van der Waals surface area contributed by atoms with E-state index in [1.54, 1.807) is 30.3 Å². The van der Waals surface area contributed by atoms with Crippen LogP contribution in [0.3, 0.4) is 0 Å². The number of methoxy groups -OCH3 is 2. The van der Waals surface area contributed by atoms with Gasteiger partial charge in [-0.15, -0.1) is 0 Å². The molecule has 0 bridgehead atoms. The lowest BCUT2D eigenvalue weighted by molar-refractivity contribution is 0.101. The topological polar surface area (TPSA) is 81.7 Å². The maximum Gasteiger partial charge on any atom is 0.245 e. The van der Waals surface area contributed by atoms with Crippen molar-refractivity contribution in [3.8, 4) is 23.3 Å². The average Bonchev–Trinajstić information content (AvgIpc) is 2.65. The number of Topliss-reactive ketones (excluding diaryl/α,β-unsaturated/α-hetero) is 1. The second kappa shape index (κ2) is 8.52. The van der Waals surface area contributed by atoms with E-state index in [9.17, 15) is 13.2 Å². The van der Waals surface area contributed by atoms with E-state index >= 15 is 0 Å². The molecule has 0 unspecified atom stereocenters. The first kappa shape index (κ1) is 19.5. The number of sulfonamides is 1. The summed E-state index contributed by atoms with van der Waals surface area (Å²) in [5.41, 5.74) is 1.29. The van der Waals surface area contributed by atoms with Gasteiger partial charge >= 0.3 is 0 Å². The maximum atomic E-state index is 12.5. The number of hydrogen-bond acceptors (Lipinski definition) is 5. The van der Waals surface area contributed by atoms with Crippen molar-refractivity contribution < 1.29 is 22.7 Å². The van der Waals surface area contributed by atoms with E-state index in [1.165, 1.54) is 33.3 Å². The van der Waals surface area contributed by atoms with Crippen LogP contribution in [-0.4, -0.2) is 35.0 Å². The van der Waals surface area contributed by atoms with Gasteiger partial charge in [-0.05, 0) is 31.2 Å². The number of ether oxygens (including phenoxy) is 2. The van der Waals surface area contributed by atoms with Gasteiger partial charge in [0, 0.05) is 17.2 Å². The fraction of sp³-hybridized carbons (Fsp3) is 0.211. The zero-order chi connectivity index (χ0) is 19.2. The lowest BCUT2D eigenvalue weighted by Gasteiger charge is -2.10. The molecule has 7 heteroatoms. The molecule has 6 nitrogen and oxygen atoms in total. The minimum Gasteiger partial charge on any atom is -0.497 e. The van der Waals surface area contributed by atoms with Crippen molar-refractivity contribution in [3.63, 3.8) is 0 Å². The van der Waals surface area contributed by atoms with E-state index in [2.05, 4.69) is 16.6 Å². The van der Waals surface area contributed by atoms with Gasteiger partial charge in [-0.25, -0.2) is 8.42 Å². The van der Waals surface area contributed by atoms with Gasteiger partial charge in [0.25, 0.3) is 0 Å². The molecular weight excluding hydrogens is 354 g/mol. The van der Waals surface area contributed by atoms with Crippen LogP contribution in [0.25, 0.3) is 0 Å². The van der Waals surface area contributed by atoms with Gasteiger partial charge in [0.05, 0.1) is 20.8 Å². The Morgan fingerprint density at radius 3 is 2.35 bits per heavy atom. The zero-order valence-electron chi connectivity index (χ0n) is 14.7. The highest BCUT2D eigenvalue weighted by molar-refractivity contribution is 7.89. The van der Waals surface area contributed by atoms with Crippen molar-refractivity contribution >= 4 is 15.8 Å². The Bertz CT molecular complexity index is 954. The number of ketones is 1. The number of carbonyl (C=O) groups excluding carboxylic acids is 1. The second-order valence-electron chi connectivity index (χ2n) is 5.28. The molecule has 0 aliphatic carbocycles. The van der Waals surface area contributed by atoms with Crippen LogP contribution in [0.15, 0.2) is 47.4 Å². The number of benzene rings is 2. The Morgan fingerprint density at radius 1 is 1.08 bits per heavy atom. The van der Waals surface area contributed by atoms with Gasteiger partial charge in [0.2, 0.25) is 10.0 Å². The van der Waals surface area contributed by atoms with Gasteiger partial charge in [0.1, 0.15) is 16.4 Å². The van der Waals surface area contributed by atoms with Crippen LogP contribution in [0.5, 0.6) is 11.5 Å². The van der Waals surface area contributed by atoms with Crippen molar-refractivity contribution in [2.24, 2.45) is 0 Å². The van der Waals surface area contributed by atoms with Crippen LogP contribution in [-0.2, 0) is 10.0 Å². The van der Waals surface area contributed by atoms with Gasteiger partial charge < -0.3 is 9.47 Å². The van der Waals surface area contributed by atoms with Crippen molar-refractivity contribution in [2.75, 3.05) is 20.8 Å². The van der Waals surface area contributed by atoms with E-state index in [4.69, 9.17) is 9.47 Å². The first-order valence-electron chi connectivity index (χ1n) is 7.69. The molecule has 0 amide bonds. The highest BCUT2D eigenvalue weighted by Crippen LogP contribution is 2.27. The van der Waals surface area contributed by atoms with E-state index in [0.717, 1.165) is 0 Å². The molecule has 2 aromatic carbocycles. The molecule has 0 aromatic heterocycles. The smallest absolute Gasteiger partial charge is 0.245 e. The number of rotatable bonds is 6. The zero-order valence-corrected chi connectivity index (χ0v) is 15.5. The predicted molar refractivity (Wildman–Crippen MR) is 98.1 cm³/mol. The third-order valence-electron chi connectivity index (χ3n) is 3.54. The SMILES string of the molecule is COc1ccc(OC)c(S(=O)(=O)NCC#Cc2ccc(C(C)=O)cc2)c1. The number of nitrogens with one attached hydrogen (secondary N) is 1. The second-order valence-corrected chi connectivity index (χ2v) is 7.01. The van der Waals surface area contributed by atoms with Crippen LogP contribution in [0.4, 0.5) is 0 Å². The fourth-order valence-corrected chi connectivity index (χ4v) is 3.24. The van der Waals surface area contributed by atoms with E-state index < -0.39 is 10.0 Å². The Morgan fingerprint density at radius 2 is 1.77 bits per heavy atom. The molecule has 0 aliphatic heterocycles. The highest BCUT2D eigenvalue weighted by Gasteiger charge is 2.19. The lowest BCUT2D eigenvalue weighted by atomic mass is 10.1.